The zero-order chi connectivity index (χ0) is 11.9. The number of benzene rings is 1. The average molecular weight is 419 g/mol. The van der Waals surface area contributed by atoms with Gasteiger partial charge in [-0.1, -0.05) is 0 Å². The molecule has 0 bridgehead atoms. The van der Waals surface area contributed by atoms with E-state index in [0.717, 1.165) is 52.0 Å². The van der Waals surface area contributed by atoms with Crippen LogP contribution in [-0.4, -0.2) is 40.0 Å². The van der Waals surface area contributed by atoms with E-state index in [1.54, 1.807) is 0 Å². The van der Waals surface area contributed by atoms with E-state index in [2.05, 4.69) is 49.2 Å². The number of rotatable bonds is 6. The molecule has 17 heavy (non-hydrogen) atoms. The monoisotopic (exact) mass is 419 g/mol. The number of aryl methyl sites for hydroxylation is 1. The Kier molecular flexibility index (Phi) is 5.18. The van der Waals surface area contributed by atoms with Gasteiger partial charge in [0, 0.05) is 0 Å². The van der Waals surface area contributed by atoms with Crippen LogP contribution in [0.25, 0.3) is 0 Å². The van der Waals surface area contributed by atoms with Crippen molar-refractivity contribution in [2.75, 3.05) is 6.54 Å². The fourth-order valence-electron chi connectivity index (χ4n) is 1.73. The van der Waals surface area contributed by atoms with Crippen molar-refractivity contribution in [3.63, 3.8) is 0 Å². The van der Waals surface area contributed by atoms with Gasteiger partial charge in [-0.05, 0) is 0 Å². The summed E-state index contributed by atoms with van der Waals surface area (Å²) in [5.41, 5.74) is 2.56. The molecule has 0 saturated heterocycles. The summed E-state index contributed by atoms with van der Waals surface area (Å²) in [6.45, 7) is 2.00. The quantitative estimate of drug-likeness (QED) is 0.570. The molecule has 0 amide bonds. The van der Waals surface area contributed by atoms with Crippen LogP contribution < -0.4 is 5.32 Å². The molecule has 0 radical (unpaired) electrons. The molecule has 0 fully saturated rings. The molecule has 0 aliphatic rings. The van der Waals surface area contributed by atoms with Crippen LogP contribution in [-0.2, 0) is 13.0 Å². The second kappa shape index (κ2) is 6.91. The molecular formula is C13H16N3Tl. The van der Waals surface area contributed by atoms with Crippen molar-refractivity contribution in [1.29, 1.82) is 0 Å². The van der Waals surface area contributed by atoms with Gasteiger partial charge in [-0.25, -0.2) is 0 Å². The van der Waals surface area contributed by atoms with Gasteiger partial charge in [-0.3, -0.25) is 0 Å². The van der Waals surface area contributed by atoms with Crippen LogP contribution in [0.3, 0.4) is 0 Å². The third-order valence-corrected chi connectivity index (χ3v) is 3.71. The first-order valence-electron chi connectivity index (χ1n) is 5.87. The van der Waals surface area contributed by atoms with Gasteiger partial charge < -0.3 is 0 Å². The Balaban J connectivity index is 1.61. The fraction of sp³-hybridized carbons (Fsp3) is 0.308. The van der Waals surface area contributed by atoms with Crippen LogP contribution in [0.15, 0.2) is 42.9 Å². The van der Waals surface area contributed by atoms with Crippen LogP contribution >= 0.6 is 0 Å². The molecule has 2 rings (SSSR count). The summed E-state index contributed by atoms with van der Waals surface area (Å²) in [5.74, 6) is 0. The Bertz CT molecular complexity index is 439. The number of aromatic nitrogens is 2. The minimum absolute atomic E-state index is 0.831. The first-order chi connectivity index (χ1) is 8.34. The molecule has 1 N–H and O–H groups in total. The maximum atomic E-state index is 4.35. The Morgan fingerprint density at radius 3 is 2.76 bits per heavy atom. The van der Waals surface area contributed by atoms with E-state index >= 15 is 0 Å². The van der Waals surface area contributed by atoms with Crippen molar-refractivity contribution < 1.29 is 0 Å². The van der Waals surface area contributed by atoms with Crippen LogP contribution in [0, 0.1) is 0 Å². The molecular weight excluding hydrogens is 403 g/mol. The molecule has 0 atom stereocenters. The minimum atomic E-state index is 0.831. The molecule has 0 saturated carbocycles. The van der Waals surface area contributed by atoms with E-state index in [1.807, 2.05) is 6.33 Å². The molecule has 3 nitrogen and oxygen atoms in total. The standard InChI is InChI=1S/C13H16N3.Tl/c1-2-5-12(6-3-1)9-14-8-4-7-13-10-15-11-16-13;/h1-3,5-6,10-11,14H,4,7-9H2;/q-1;+1. The number of hydrogen-bond acceptors (Lipinski definition) is 2. The molecule has 0 aliphatic carbocycles. The molecule has 0 unspecified atom stereocenters. The van der Waals surface area contributed by atoms with Crippen molar-refractivity contribution in [1.82, 2.24) is 12.7 Å². The predicted octanol–water partition coefficient (Wildman–Crippen LogP) is 1.54. The van der Waals surface area contributed by atoms with E-state index in [1.165, 1.54) is 11.3 Å². The van der Waals surface area contributed by atoms with Gasteiger partial charge >= 0.3 is 119 Å². The summed E-state index contributed by atoms with van der Waals surface area (Å²) in [6.07, 6.45) is 6.30. The Morgan fingerprint density at radius 2 is 2.06 bits per heavy atom. The molecule has 0 spiro atoms. The van der Waals surface area contributed by atoms with Gasteiger partial charge in [-0.15, -0.1) is 0 Å². The molecule has 2 aromatic rings. The Morgan fingerprint density at radius 1 is 1.24 bits per heavy atom. The van der Waals surface area contributed by atoms with Crippen LogP contribution in [0.2, 0.25) is 0 Å². The second-order valence-corrected chi connectivity index (χ2v) is 6.40. The van der Waals surface area contributed by atoms with Gasteiger partial charge in [0.25, 0.3) is 0 Å². The van der Waals surface area contributed by atoms with Crippen LogP contribution in [0.1, 0.15) is 17.7 Å². The summed E-state index contributed by atoms with van der Waals surface area (Å²) < 4.78 is 2.16. The number of imidazole rings is 1. The van der Waals surface area contributed by atoms with Crippen molar-refractivity contribution >= 4 is 26.1 Å². The van der Waals surface area contributed by atoms with Crippen molar-refractivity contribution in [2.45, 2.75) is 19.4 Å². The summed E-state index contributed by atoms with van der Waals surface area (Å²) in [7, 11) is 0. The Labute approximate surface area is 118 Å². The normalized spacial score (nSPS) is 10.5. The summed E-state index contributed by atoms with van der Waals surface area (Å²) in [6, 6.07) is 10.5. The van der Waals surface area contributed by atoms with Crippen molar-refractivity contribution in [3.05, 3.63) is 54.1 Å². The summed E-state index contributed by atoms with van der Waals surface area (Å²) in [5, 5.41) is 3.45. The maximum absolute atomic E-state index is 4.35. The van der Waals surface area contributed by atoms with E-state index < -0.39 is 0 Å². The zero-order valence-corrected chi connectivity index (χ0v) is 14.3. The van der Waals surface area contributed by atoms with Crippen molar-refractivity contribution in [3.8, 4) is 0 Å². The molecule has 0 aliphatic heterocycles. The summed E-state index contributed by atoms with van der Waals surface area (Å²) >= 11 is 0.831. The molecule has 4 heteroatoms. The average Bonchev–Trinajstić information content (AvgIpc) is 2.76. The first kappa shape index (κ1) is 12.8. The van der Waals surface area contributed by atoms with Gasteiger partial charge in [-0.2, -0.15) is 0 Å². The SMILES string of the molecule is [Tl][n]1cnc(CCCNCc2ccccc2)c1. The number of nitrogens with one attached hydrogen (secondary N) is 1. The van der Waals surface area contributed by atoms with Crippen LogP contribution in [0.4, 0.5) is 0 Å². The third-order valence-electron chi connectivity index (χ3n) is 2.61. The molecule has 1 heterocycles. The van der Waals surface area contributed by atoms with E-state index in [0.29, 0.717) is 0 Å². The molecule has 1 aromatic carbocycles. The molecule has 1 aromatic heterocycles. The van der Waals surface area contributed by atoms with E-state index in [-0.39, 0.29) is 0 Å². The molecule has 86 valence electrons. The fourth-order valence-corrected chi connectivity index (χ4v) is 2.66. The number of hydrogen-bond donors (Lipinski definition) is 1. The first-order valence-corrected chi connectivity index (χ1v) is 7.88. The van der Waals surface area contributed by atoms with Gasteiger partial charge in [0.2, 0.25) is 0 Å². The van der Waals surface area contributed by atoms with Crippen molar-refractivity contribution in [2.24, 2.45) is 0 Å². The second-order valence-electron chi connectivity index (χ2n) is 4.08. The van der Waals surface area contributed by atoms with Gasteiger partial charge in [0.1, 0.15) is 0 Å². The number of nitrogens with zero attached hydrogens (tertiary/aromatic N) is 2. The topological polar surface area (TPSA) is 29.9 Å². The van der Waals surface area contributed by atoms with E-state index in [9.17, 15) is 0 Å². The third kappa shape index (κ3) is 4.59. The van der Waals surface area contributed by atoms with E-state index in [4.69, 9.17) is 0 Å². The Hall–Kier alpha value is -0.688. The van der Waals surface area contributed by atoms with Gasteiger partial charge in [0.15, 0.2) is 0 Å². The van der Waals surface area contributed by atoms with Crippen LogP contribution in [0.5, 0.6) is 0 Å². The zero-order valence-electron chi connectivity index (χ0n) is 9.84. The summed E-state index contributed by atoms with van der Waals surface area (Å²) in [4.78, 5) is 4.35. The van der Waals surface area contributed by atoms with Gasteiger partial charge in [0.05, 0.1) is 0 Å². The predicted molar refractivity (Wildman–Crippen MR) is 69.8 cm³/mol.